The van der Waals surface area contributed by atoms with Crippen LogP contribution in [0.1, 0.15) is 94.9 Å². The first kappa shape index (κ1) is 45.0. The molecule has 15 heteroatoms. The van der Waals surface area contributed by atoms with E-state index in [1.54, 1.807) is 41.8 Å². The van der Waals surface area contributed by atoms with E-state index in [2.05, 4.69) is 0 Å². The Hall–Kier alpha value is -1.37. The van der Waals surface area contributed by atoms with Crippen LogP contribution in [-0.4, -0.2) is 153 Å². The summed E-state index contributed by atoms with van der Waals surface area (Å²) < 4.78 is 53.4. The number of aliphatic hydroxyl groups excluding tert-OH is 3. The SMILES string of the molecule is CC[C@H]1OC(=O)[C@H](C)[C@@H](OC2CC(C)(OC)C(O)C(C)O2)[C@H](C)[C@H](OC2OC(C)CC(N(C)C)C2O)[C@](C)(O)C[C@@](C)(F)C(=O)[C@H](C)[C@@H](O)[C@]1(C)O. The third-order valence-corrected chi connectivity index (χ3v) is 11.8. The molecule has 52 heavy (non-hydrogen) atoms. The van der Waals surface area contributed by atoms with Gasteiger partial charge in [0, 0.05) is 37.8 Å². The average Bonchev–Trinajstić information content (AvgIpc) is 3.05. The Morgan fingerprint density at radius 3 is 2.06 bits per heavy atom. The number of Topliss-reactive ketones (excluding diaryl/α,β-unsaturated/α-hetero) is 1. The van der Waals surface area contributed by atoms with Gasteiger partial charge in [-0.25, -0.2) is 4.39 Å². The third kappa shape index (κ3) is 9.35. The molecule has 304 valence electrons. The normalized spacial score (nSPS) is 50.5. The molecule has 0 radical (unpaired) electrons. The molecule has 0 aromatic rings. The second kappa shape index (κ2) is 16.8. The number of aliphatic hydroxyl groups is 5. The highest BCUT2D eigenvalue weighted by Gasteiger charge is 2.56. The zero-order chi connectivity index (χ0) is 39.9. The minimum atomic E-state index is -2.77. The summed E-state index contributed by atoms with van der Waals surface area (Å²) in [5.41, 5.74) is -8.26. The number of nitrogens with zero attached hydrogens (tertiary/aromatic N) is 1. The second-order valence-corrected chi connectivity index (χ2v) is 16.7. The Bertz CT molecular complexity index is 1220. The smallest absolute Gasteiger partial charge is 0.311 e. The molecule has 8 unspecified atom stereocenters. The minimum absolute atomic E-state index is 0.0296. The van der Waals surface area contributed by atoms with Crippen LogP contribution in [0.15, 0.2) is 0 Å². The van der Waals surface area contributed by atoms with E-state index in [9.17, 15) is 35.1 Å². The second-order valence-electron chi connectivity index (χ2n) is 16.7. The van der Waals surface area contributed by atoms with Gasteiger partial charge in [-0.05, 0) is 75.4 Å². The van der Waals surface area contributed by atoms with E-state index in [0.29, 0.717) is 6.42 Å². The number of likely N-dealkylation sites (N-methyl/N-ethyl adjacent to an activating group) is 1. The fourth-order valence-corrected chi connectivity index (χ4v) is 8.45. The highest BCUT2D eigenvalue weighted by Crippen LogP contribution is 2.42. The van der Waals surface area contributed by atoms with Gasteiger partial charge in [-0.2, -0.15) is 0 Å². The van der Waals surface area contributed by atoms with Gasteiger partial charge in [0.25, 0.3) is 0 Å². The molecule has 0 spiro atoms. The van der Waals surface area contributed by atoms with Gasteiger partial charge in [-0.1, -0.05) is 20.8 Å². The highest BCUT2D eigenvalue weighted by atomic mass is 19.1. The number of hydrogen-bond donors (Lipinski definition) is 5. The molecule has 3 heterocycles. The van der Waals surface area contributed by atoms with Crippen molar-refractivity contribution in [1.82, 2.24) is 4.90 Å². The molecule has 3 aliphatic heterocycles. The van der Waals surface area contributed by atoms with E-state index in [4.69, 9.17) is 28.4 Å². The number of hydrogen-bond acceptors (Lipinski definition) is 14. The molecule has 0 aliphatic carbocycles. The maximum absolute atomic E-state index is 16.8. The summed E-state index contributed by atoms with van der Waals surface area (Å²) in [6, 6.07) is -0.405. The first-order valence-corrected chi connectivity index (χ1v) is 18.5. The summed E-state index contributed by atoms with van der Waals surface area (Å²) in [6.07, 6.45) is -11.9. The molecule has 0 aromatic heterocycles. The molecule has 0 amide bonds. The average molecular weight is 752 g/mol. The van der Waals surface area contributed by atoms with Crippen LogP contribution < -0.4 is 0 Å². The van der Waals surface area contributed by atoms with Crippen molar-refractivity contribution in [3.05, 3.63) is 0 Å². The molecule has 3 fully saturated rings. The summed E-state index contributed by atoms with van der Waals surface area (Å²) in [7, 11) is 5.04. The number of alkyl halides is 1. The molecule has 5 N–H and O–H groups in total. The van der Waals surface area contributed by atoms with Gasteiger partial charge < -0.3 is 58.9 Å². The van der Waals surface area contributed by atoms with Crippen LogP contribution in [-0.2, 0) is 38.0 Å². The topological polar surface area (TPSA) is 194 Å². The van der Waals surface area contributed by atoms with E-state index in [1.165, 1.54) is 34.8 Å². The van der Waals surface area contributed by atoms with Crippen molar-refractivity contribution in [1.29, 1.82) is 0 Å². The van der Waals surface area contributed by atoms with Crippen LogP contribution in [0.25, 0.3) is 0 Å². The zero-order valence-electron chi connectivity index (χ0n) is 33.2. The lowest BCUT2D eigenvalue weighted by molar-refractivity contribution is -0.318. The molecule has 3 rings (SSSR count). The first-order chi connectivity index (χ1) is 23.7. The van der Waals surface area contributed by atoms with Crippen LogP contribution in [0.3, 0.4) is 0 Å². The number of ketones is 1. The lowest BCUT2D eigenvalue weighted by atomic mass is 9.73. The summed E-state index contributed by atoms with van der Waals surface area (Å²) in [5, 5.41) is 57.4. The lowest BCUT2D eigenvalue weighted by Crippen LogP contribution is -2.62. The van der Waals surface area contributed by atoms with Gasteiger partial charge in [0.1, 0.15) is 23.9 Å². The number of esters is 1. The van der Waals surface area contributed by atoms with Crippen LogP contribution in [0.2, 0.25) is 0 Å². The summed E-state index contributed by atoms with van der Waals surface area (Å²) in [4.78, 5) is 29.6. The Labute approximate surface area is 308 Å². The Morgan fingerprint density at radius 2 is 1.52 bits per heavy atom. The quantitative estimate of drug-likeness (QED) is 0.237. The van der Waals surface area contributed by atoms with Gasteiger partial charge in [0.05, 0.1) is 47.6 Å². The van der Waals surface area contributed by atoms with E-state index in [0.717, 1.165) is 6.92 Å². The first-order valence-electron chi connectivity index (χ1n) is 18.5. The van der Waals surface area contributed by atoms with Crippen LogP contribution in [0, 0.1) is 17.8 Å². The lowest BCUT2D eigenvalue weighted by Gasteiger charge is -2.49. The zero-order valence-corrected chi connectivity index (χ0v) is 33.2. The van der Waals surface area contributed by atoms with E-state index in [-0.39, 0.29) is 18.9 Å². The molecule has 18 atom stereocenters. The summed E-state index contributed by atoms with van der Waals surface area (Å²) >= 11 is 0. The van der Waals surface area contributed by atoms with Crippen molar-refractivity contribution in [2.24, 2.45) is 17.8 Å². The number of carbonyl (C=O) groups is 2. The van der Waals surface area contributed by atoms with Gasteiger partial charge in [0.15, 0.2) is 24.0 Å². The minimum Gasteiger partial charge on any atom is -0.459 e. The van der Waals surface area contributed by atoms with Crippen molar-refractivity contribution in [2.45, 2.75) is 185 Å². The van der Waals surface area contributed by atoms with Crippen molar-refractivity contribution in [3.8, 4) is 0 Å². The Kier molecular flexibility index (Phi) is 14.5. The van der Waals surface area contributed by atoms with Crippen molar-refractivity contribution < 1.29 is 67.9 Å². The standard InChI is InChI=1S/C37H66FNO13/c1-14-24-37(10,46)29(42)21(5)28(41)34(7,38)17-35(8,45)31(52-33-26(40)23(39(11)12)15-18(2)48-33)19(3)27(20(4)32(44)50-24)51-25-16-36(9,47-13)30(43)22(6)49-25/h18-27,29-31,33,40,42-43,45-46H,14-17H2,1-13H3/t18?,19-,20+,21-,22?,23?,24+,25?,26?,27-,29+,30?,31-,33?,34+,35+,36?,37+/m0/s1. The van der Waals surface area contributed by atoms with Gasteiger partial charge >= 0.3 is 5.97 Å². The van der Waals surface area contributed by atoms with Crippen molar-refractivity contribution in [3.63, 3.8) is 0 Å². The predicted molar refractivity (Wildman–Crippen MR) is 187 cm³/mol. The fraction of sp³-hybridized carbons (Fsp3) is 0.946. The monoisotopic (exact) mass is 751 g/mol. The number of rotatable bonds is 7. The maximum atomic E-state index is 16.8. The molecule has 14 nitrogen and oxygen atoms in total. The Morgan fingerprint density at radius 1 is 0.923 bits per heavy atom. The number of methoxy groups -OCH3 is 1. The number of ether oxygens (including phenoxy) is 6. The molecule has 3 aliphatic rings. The number of carbonyl (C=O) groups excluding carboxylic acids is 2. The van der Waals surface area contributed by atoms with E-state index in [1.807, 2.05) is 11.8 Å². The Balaban J connectivity index is 2.22. The van der Waals surface area contributed by atoms with E-state index >= 15 is 4.39 Å². The van der Waals surface area contributed by atoms with Gasteiger partial charge in [-0.3, -0.25) is 9.59 Å². The maximum Gasteiger partial charge on any atom is 0.311 e. The summed E-state index contributed by atoms with van der Waals surface area (Å²) in [5.74, 6) is -5.61. The molecule has 3 saturated heterocycles. The molecule has 0 saturated carbocycles. The highest BCUT2D eigenvalue weighted by molar-refractivity contribution is 5.89. The van der Waals surface area contributed by atoms with Gasteiger partial charge in [0.2, 0.25) is 0 Å². The van der Waals surface area contributed by atoms with Crippen LogP contribution in [0.5, 0.6) is 0 Å². The van der Waals surface area contributed by atoms with Crippen LogP contribution >= 0.6 is 0 Å². The predicted octanol–water partition coefficient (Wildman–Crippen LogP) is 1.88. The largest absolute Gasteiger partial charge is 0.459 e. The molecule has 0 aromatic carbocycles. The number of cyclic esters (lactones) is 1. The fourth-order valence-electron chi connectivity index (χ4n) is 8.45. The van der Waals surface area contributed by atoms with Gasteiger partial charge in [-0.15, -0.1) is 0 Å². The summed E-state index contributed by atoms with van der Waals surface area (Å²) in [6.45, 7) is 14.7. The van der Waals surface area contributed by atoms with E-state index < -0.39 is 120 Å². The molecular formula is C37H66FNO13. The van der Waals surface area contributed by atoms with Crippen LogP contribution in [0.4, 0.5) is 4.39 Å². The number of halogens is 1. The van der Waals surface area contributed by atoms with Crippen molar-refractivity contribution in [2.75, 3.05) is 21.2 Å². The molecule has 0 bridgehead atoms. The molecular weight excluding hydrogens is 685 g/mol. The third-order valence-electron chi connectivity index (χ3n) is 11.8. The van der Waals surface area contributed by atoms with Crippen molar-refractivity contribution >= 4 is 11.8 Å².